The summed E-state index contributed by atoms with van der Waals surface area (Å²) < 4.78 is 6.79. The van der Waals surface area contributed by atoms with E-state index >= 15 is 0 Å². The van der Waals surface area contributed by atoms with Gasteiger partial charge in [0.2, 0.25) is 0 Å². The van der Waals surface area contributed by atoms with Crippen LogP contribution in [0.1, 0.15) is 17.7 Å². The summed E-state index contributed by atoms with van der Waals surface area (Å²) in [6, 6.07) is 5.84. The summed E-state index contributed by atoms with van der Waals surface area (Å²) in [5.74, 6) is 0.923. The highest BCUT2D eigenvalue weighted by molar-refractivity contribution is 9.10. The lowest BCUT2D eigenvalue weighted by atomic mass is 10.1. The minimum Gasteiger partial charge on any atom is -0.465 e. The molecule has 2 heterocycles. The molecule has 1 aliphatic heterocycles. The molecule has 0 bridgehead atoms. The maximum atomic E-state index is 11.1. The highest BCUT2D eigenvalue weighted by Crippen LogP contribution is 2.32. The lowest BCUT2D eigenvalue weighted by molar-refractivity contribution is 0.143. The summed E-state index contributed by atoms with van der Waals surface area (Å²) in [5.41, 5.74) is 1.83. The molecule has 0 radical (unpaired) electrons. The van der Waals surface area contributed by atoms with Gasteiger partial charge in [-0.05, 0) is 24.6 Å². The van der Waals surface area contributed by atoms with E-state index in [9.17, 15) is 4.79 Å². The Balaban J connectivity index is 2.13. The number of benzene rings is 1. The summed E-state index contributed by atoms with van der Waals surface area (Å²) in [6.07, 6.45) is 0.735. The summed E-state index contributed by atoms with van der Waals surface area (Å²) in [5, 5.41) is 10.1. The van der Waals surface area contributed by atoms with Crippen molar-refractivity contribution in [3.8, 4) is 0 Å². The van der Waals surface area contributed by atoms with Crippen LogP contribution < -0.4 is 0 Å². The van der Waals surface area contributed by atoms with Crippen LogP contribution in [0.25, 0.3) is 11.0 Å². The van der Waals surface area contributed by atoms with Gasteiger partial charge < -0.3 is 14.4 Å². The van der Waals surface area contributed by atoms with Crippen LogP contribution in [0.5, 0.6) is 0 Å². The van der Waals surface area contributed by atoms with Gasteiger partial charge in [-0.15, -0.1) is 0 Å². The smallest absolute Gasteiger partial charge is 0.407 e. The first kappa shape index (κ1) is 11.6. The fraction of sp³-hybridized carbons (Fsp3) is 0.308. The second-order valence-electron chi connectivity index (χ2n) is 4.45. The van der Waals surface area contributed by atoms with Crippen molar-refractivity contribution in [3.05, 3.63) is 34.0 Å². The number of fused-ring (bicyclic) bond motifs is 3. The molecule has 0 saturated carbocycles. The van der Waals surface area contributed by atoms with E-state index in [1.54, 1.807) is 0 Å². The normalized spacial score (nSPS) is 15.5. The predicted molar refractivity (Wildman–Crippen MR) is 70.7 cm³/mol. The van der Waals surface area contributed by atoms with E-state index in [0.717, 1.165) is 39.6 Å². The minimum absolute atomic E-state index is 0.411. The largest absolute Gasteiger partial charge is 0.465 e. The number of hydrogen-bond acceptors (Lipinski definition) is 2. The standard InChI is InChI=1S/C13H12BrNO3/c14-8-3-4-12-9(6-8)10-7-15(13(16)17)5-1-2-11(10)18-12/h3-4,6H,1-2,5,7H2,(H,16,17). The number of amides is 1. The molecule has 0 aliphatic carbocycles. The highest BCUT2D eigenvalue weighted by atomic mass is 79.9. The maximum absolute atomic E-state index is 11.1. The van der Waals surface area contributed by atoms with E-state index in [-0.39, 0.29) is 0 Å². The zero-order valence-corrected chi connectivity index (χ0v) is 11.2. The third-order valence-corrected chi connectivity index (χ3v) is 3.78. The van der Waals surface area contributed by atoms with Gasteiger partial charge in [-0.2, -0.15) is 0 Å². The van der Waals surface area contributed by atoms with E-state index < -0.39 is 6.09 Å². The quantitative estimate of drug-likeness (QED) is 0.808. The van der Waals surface area contributed by atoms with E-state index in [1.165, 1.54) is 4.90 Å². The Labute approximate surface area is 112 Å². The van der Waals surface area contributed by atoms with Gasteiger partial charge in [0, 0.05) is 28.4 Å². The summed E-state index contributed by atoms with van der Waals surface area (Å²) in [6.45, 7) is 0.975. The second kappa shape index (κ2) is 4.31. The number of hydrogen-bond donors (Lipinski definition) is 1. The molecule has 1 N–H and O–H groups in total. The Hall–Kier alpha value is -1.49. The Morgan fingerprint density at radius 1 is 1.44 bits per heavy atom. The van der Waals surface area contributed by atoms with Crippen LogP contribution in [-0.2, 0) is 13.0 Å². The molecular weight excluding hydrogens is 298 g/mol. The zero-order valence-electron chi connectivity index (χ0n) is 9.65. The molecule has 1 aliphatic rings. The van der Waals surface area contributed by atoms with Crippen LogP contribution in [0.4, 0.5) is 4.79 Å². The van der Waals surface area contributed by atoms with Crippen molar-refractivity contribution in [2.45, 2.75) is 19.4 Å². The topological polar surface area (TPSA) is 53.7 Å². The number of halogens is 1. The van der Waals surface area contributed by atoms with Crippen molar-refractivity contribution in [1.82, 2.24) is 4.90 Å². The Kier molecular flexibility index (Phi) is 2.78. The molecule has 0 unspecified atom stereocenters. The molecule has 18 heavy (non-hydrogen) atoms. The van der Waals surface area contributed by atoms with E-state index in [0.29, 0.717) is 13.1 Å². The molecular formula is C13H12BrNO3. The number of aryl methyl sites for hydroxylation is 1. The second-order valence-corrected chi connectivity index (χ2v) is 5.37. The van der Waals surface area contributed by atoms with Crippen LogP contribution in [0.15, 0.2) is 27.1 Å². The van der Waals surface area contributed by atoms with Gasteiger partial charge >= 0.3 is 6.09 Å². The van der Waals surface area contributed by atoms with Gasteiger partial charge in [0.1, 0.15) is 11.3 Å². The van der Waals surface area contributed by atoms with Gasteiger partial charge in [-0.1, -0.05) is 15.9 Å². The minimum atomic E-state index is -0.868. The van der Waals surface area contributed by atoms with E-state index in [1.807, 2.05) is 18.2 Å². The summed E-state index contributed by atoms with van der Waals surface area (Å²) in [7, 11) is 0. The molecule has 0 fully saturated rings. The molecule has 94 valence electrons. The van der Waals surface area contributed by atoms with Crippen LogP contribution in [0.2, 0.25) is 0 Å². The van der Waals surface area contributed by atoms with Crippen molar-refractivity contribution in [2.75, 3.05) is 6.54 Å². The monoisotopic (exact) mass is 309 g/mol. The molecule has 4 nitrogen and oxygen atoms in total. The van der Waals surface area contributed by atoms with Crippen molar-refractivity contribution in [1.29, 1.82) is 0 Å². The zero-order chi connectivity index (χ0) is 12.7. The van der Waals surface area contributed by atoms with Gasteiger partial charge in [0.15, 0.2) is 0 Å². The van der Waals surface area contributed by atoms with E-state index in [4.69, 9.17) is 9.52 Å². The third kappa shape index (κ3) is 1.88. The van der Waals surface area contributed by atoms with E-state index in [2.05, 4.69) is 15.9 Å². The van der Waals surface area contributed by atoms with Crippen molar-refractivity contribution >= 4 is 33.0 Å². The maximum Gasteiger partial charge on any atom is 0.407 e. The average molecular weight is 310 g/mol. The molecule has 5 heteroatoms. The van der Waals surface area contributed by atoms with Crippen LogP contribution >= 0.6 is 15.9 Å². The molecule has 1 aromatic heterocycles. The number of nitrogens with zero attached hydrogens (tertiary/aromatic N) is 1. The van der Waals surface area contributed by atoms with Crippen LogP contribution in [-0.4, -0.2) is 22.6 Å². The summed E-state index contributed by atoms with van der Waals surface area (Å²) in [4.78, 5) is 12.6. The third-order valence-electron chi connectivity index (χ3n) is 3.29. The molecule has 0 atom stereocenters. The number of carbonyl (C=O) groups is 1. The van der Waals surface area contributed by atoms with Gasteiger partial charge in [0.05, 0.1) is 6.54 Å². The Morgan fingerprint density at radius 2 is 2.28 bits per heavy atom. The Bertz CT molecular complexity index is 620. The first-order chi connectivity index (χ1) is 8.65. The van der Waals surface area contributed by atoms with Crippen molar-refractivity contribution in [2.24, 2.45) is 0 Å². The van der Waals surface area contributed by atoms with Crippen molar-refractivity contribution < 1.29 is 14.3 Å². The first-order valence-corrected chi connectivity index (χ1v) is 6.62. The Morgan fingerprint density at radius 3 is 3.06 bits per heavy atom. The average Bonchev–Trinajstić information content (AvgIpc) is 2.54. The SMILES string of the molecule is O=C(O)N1CCCc2oc3ccc(Br)cc3c2C1. The molecule has 3 rings (SSSR count). The molecule has 2 aromatic rings. The lowest BCUT2D eigenvalue weighted by Crippen LogP contribution is -2.28. The number of furan rings is 1. The molecule has 0 spiro atoms. The van der Waals surface area contributed by atoms with Gasteiger partial charge in [-0.3, -0.25) is 0 Å². The first-order valence-electron chi connectivity index (χ1n) is 5.83. The number of carboxylic acid groups (broad SMARTS) is 1. The summed E-state index contributed by atoms with van der Waals surface area (Å²) >= 11 is 3.44. The predicted octanol–water partition coefficient (Wildman–Crippen LogP) is 3.62. The fourth-order valence-electron chi connectivity index (χ4n) is 2.41. The molecule has 0 saturated heterocycles. The van der Waals surface area contributed by atoms with Crippen molar-refractivity contribution in [3.63, 3.8) is 0 Å². The lowest BCUT2D eigenvalue weighted by Gasteiger charge is -2.15. The fourth-order valence-corrected chi connectivity index (χ4v) is 2.77. The molecule has 1 aromatic carbocycles. The van der Waals surface area contributed by atoms with Gasteiger partial charge in [-0.25, -0.2) is 4.79 Å². The highest BCUT2D eigenvalue weighted by Gasteiger charge is 2.23. The van der Waals surface area contributed by atoms with Crippen LogP contribution in [0.3, 0.4) is 0 Å². The van der Waals surface area contributed by atoms with Gasteiger partial charge in [0.25, 0.3) is 0 Å². The molecule has 1 amide bonds. The van der Waals surface area contributed by atoms with Crippen LogP contribution in [0, 0.1) is 0 Å². The number of rotatable bonds is 0.